The van der Waals surface area contributed by atoms with Crippen LogP contribution in [0.2, 0.25) is 0 Å². The highest BCUT2D eigenvalue weighted by Crippen LogP contribution is 2.35. The summed E-state index contributed by atoms with van der Waals surface area (Å²) in [5, 5.41) is 0. The highest BCUT2D eigenvalue weighted by atomic mass is 16.2. The summed E-state index contributed by atoms with van der Waals surface area (Å²) in [4.78, 5) is 25.3. The maximum absolute atomic E-state index is 12.2. The Morgan fingerprint density at radius 1 is 1.26 bits per heavy atom. The van der Waals surface area contributed by atoms with Gasteiger partial charge in [-0.05, 0) is 38.2 Å². The third-order valence-electron chi connectivity index (χ3n) is 3.71. The average molecular weight is 259 g/mol. The third-order valence-corrected chi connectivity index (χ3v) is 3.71. The summed E-state index contributed by atoms with van der Waals surface area (Å²) in [6.07, 6.45) is 2.41. The van der Waals surface area contributed by atoms with E-state index >= 15 is 0 Å². The van der Waals surface area contributed by atoms with Crippen molar-refractivity contribution in [2.24, 2.45) is 5.92 Å². The first-order chi connectivity index (χ1) is 9.08. The van der Waals surface area contributed by atoms with Gasteiger partial charge in [-0.1, -0.05) is 30.3 Å². The van der Waals surface area contributed by atoms with Crippen LogP contribution in [0.1, 0.15) is 38.7 Å². The van der Waals surface area contributed by atoms with E-state index in [1.165, 1.54) is 19.8 Å². The van der Waals surface area contributed by atoms with Gasteiger partial charge in [-0.15, -0.1) is 0 Å². The number of nitrogens with zero attached hydrogens (tertiary/aromatic N) is 1. The second-order valence-corrected chi connectivity index (χ2v) is 5.46. The normalized spacial score (nSPS) is 15.9. The number of carbonyl (C=O) groups is 2. The average Bonchev–Trinajstić information content (AvgIpc) is 3.19. The topological polar surface area (TPSA) is 37.4 Å². The molecule has 19 heavy (non-hydrogen) atoms. The minimum atomic E-state index is -0.0638. The van der Waals surface area contributed by atoms with Gasteiger partial charge in [0.1, 0.15) is 5.78 Å². The quantitative estimate of drug-likeness (QED) is 0.737. The van der Waals surface area contributed by atoms with Crippen molar-refractivity contribution in [1.29, 1.82) is 0 Å². The van der Waals surface area contributed by atoms with Crippen LogP contribution in [0.25, 0.3) is 0 Å². The molecule has 0 bridgehead atoms. The zero-order chi connectivity index (χ0) is 13.8. The van der Waals surface area contributed by atoms with Gasteiger partial charge in [-0.3, -0.25) is 9.59 Å². The summed E-state index contributed by atoms with van der Waals surface area (Å²) in [5.41, 5.74) is 1.12. The van der Waals surface area contributed by atoms with Crippen LogP contribution in [0.3, 0.4) is 0 Å². The third kappa shape index (κ3) is 3.91. The summed E-state index contributed by atoms with van der Waals surface area (Å²) >= 11 is 0. The number of rotatable bonds is 6. The molecule has 0 spiro atoms. The molecule has 1 unspecified atom stereocenters. The Balaban J connectivity index is 2.09. The summed E-state index contributed by atoms with van der Waals surface area (Å²) in [5.74, 6) is 0.501. The van der Waals surface area contributed by atoms with Gasteiger partial charge < -0.3 is 4.90 Å². The van der Waals surface area contributed by atoms with Crippen molar-refractivity contribution in [2.75, 3.05) is 0 Å². The molecule has 0 heterocycles. The zero-order valence-electron chi connectivity index (χ0n) is 11.6. The van der Waals surface area contributed by atoms with Crippen LogP contribution in [-0.2, 0) is 16.1 Å². The Hall–Kier alpha value is -1.64. The summed E-state index contributed by atoms with van der Waals surface area (Å²) < 4.78 is 0. The van der Waals surface area contributed by atoms with Crippen LogP contribution in [0.4, 0.5) is 0 Å². The molecule has 1 amide bonds. The first-order valence-electron chi connectivity index (χ1n) is 6.90. The molecular weight excluding hydrogens is 238 g/mol. The van der Waals surface area contributed by atoms with Gasteiger partial charge >= 0.3 is 0 Å². The lowest BCUT2D eigenvalue weighted by Crippen LogP contribution is -2.40. The van der Waals surface area contributed by atoms with Gasteiger partial charge in [0.05, 0.1) is 6.42 Å². The van der Waals surface area contributed by atoms with Crippen molar-refractivity contribution >= 4 is 11.7 Å². The minimum Gasteiger partial charge on any atom is -0.335 e. The molecule has 1 aromatic rings. The molecule has 3 nitrogen and oxygen atoms in total. The lowest BCUT2D eigenvalue weighted by molar-refractivity contribution is -0.137. The fourth-order valence-electron chi connectivity index (χ4n) is 2.39. The Kier molecular flexibility index (Phi) is 4.35. The van der Waals surface area contributed by atoms with E-state index in [1.807, 2.05) is 35.2 Å². The van der Waals surface area contributed by atoms with E-state index in [0.29, 0.717) is 12.5 Å². The van der Waals surface area contributed by atoms with Crippen LogP contribution in [0.15, 0.2) is 30.3 Å². The monoisotopic (exact) mass is 259 g/mol. The zero-order valence-corrected chi connectivity index (χ0v) is 11.6. The van der Waals surface area contributed by atoms with Gasteiger partial charge in [0, 0.05) is 12.6 Å². The van der Waals surface area contributed by atoms with Crippen molar-refractivity contribution in [1.82, 2.24) is 4.90 Å². The van der Waals surface area contributed by atoms with Crippen LogP contribution in [-0.4, -0.2) is 22.6 Å². The van der Waals surface area contributed by atoms with Crippen LogP contribution in [0, 0.1) is 5.92 Å². The summed E-state index contributed by atoms with van der Waals surface area (Å²) in [6.45, 7) is 4.17. The first-order valence-corrected chi connectivity index (χ1v) is 6.90. The van der Waals surface area contributed by atoms with E-state index in [-0.39, 0.29) is 24.2 Å². The largest absolute Gasteiger partial charge is 0.335 e. The molecule has 0 aromatic heterocycles. The van der Waals surface area contributed by atoms with Crippen molar-refractivity contribution < 1.29 is 9.59 Å². The number of ketones is 1. The van der Waals surface area contributed by atoms with Gasteiger partial charge in [0.2, 0.25) is 5.91 Å². The van der Waals surface area contributed by atoms with E-state index in [9.17, 15) is 9.59 Å². The molecule has 1 saturated carbocycles. The highest BCUT2D eigenvalue weighted by Gasteiger charge is 2.34. The smallest absolute Gasteiger partial charge is 0.230 e. The van der Waals surface area contributed by atoms with Crippen molar-refractivity contribution in [3.8, 4) is 0 Å². The number of hydrogen-bond acceptors (Lipinski definition) is 2. The van der Waals surface area contributed by atoms with Crippen LogP contribution < -0.4 is 0 Å². The lowest BCUT2D eigenvalue weighted by atomic mass is 10.1. The van der Waals surface area contributed by atoms with Crippen molar-refractivity contribution in [3.63, 3.8) is 0 Å². The number of Topliss-reactive ketones (excluding diaryl/α,β-unsaturated/α-hetero) is 1. The van der Waals surface area contributed by atoms with Crippen molar-refractivity contribution in [3.05, 3.63) is 35.9 Å². The van der Waals surface area contributed by atoms with Gasteiger partial charge in [0.15, 0.2) is 0 Å². The summed E-state index contributed by atoms with van der Waals surface area (Å²) in [7, 11) is 0. The first kappa shape index (κ1) is 13.8. The number of carbonyl (C=O) groups excluding carboxylic acids is 2. The molecule has 1 fully saturated rings. The molecule has 1 aliphatic carbocycles. The molecule has 1 atom stereocenters. The highest BCUT2D eigenvalue weighted by molar-refractivity contribution is 5.96. The Morgan fingerprint density at radius 2 is 1.89 bits per heavy atom. The van der Waals surface area contributed by atoms with E-state index in [2.05, 4.69) is 6.92 Å². The van der Waals surface area contributed by atoms with E-state index in [0.717, 1.165) is 5.56 Å². The molecule has 102 valence electrons. The van der Waals surface area contributed by atoms with Crippen LogP contribution in [0.5, 0.6) is 0 Å². The molecule has 1 aliphatic rings. The maximum atomic E-state index is 12.2. The fourth-order valence-corrected chi connectivity index (χ4v) is 2.39. The molecule has 0 radical (unpaired) electrons. The summed E-state index contributed by atoms with van der Waals surface area (Å²) in [6, 6.07) is 10.2. The number of benzene rings is 1. The maximum Gasteiger partial charge on any atom is 0.230 e. The minimum absolute atomic E-state index is 0.0178. The van der Waals surface area contributed by atoms with Gasteiger partial charge in [-0.2, -0.15) is 0 Å². The second kappa shape index (κ2) is 6.00. The Morgan fingerprint density at radius 3 is 2.42 bits per heavy atom. The Labute approximate surface area is 114 Å². The molecule has 0 N–H and O–H groups in total. The SMILES string of the molecule is CC(=O)CC(=O)N(Cc1ccccc1)C(C)C1CC1. The fraction of sp³-hybridized carbons (Fsp3) is 0.500. The van der Waals surface area contributed by atoms with Gasteiger partial charge in [0.25, 0.3) is 0 Å². The second-order valence-electron chi connectivity index (χ2n) is 5.46. The van der Waals surface area contributed by atoms with E-state index in [1.54, 1.807) is 0 Å². The molecule has 0 saturated heterocycles. The predicted octanol–water partition coefficient (Wildman–Crippen LogP) is 2.79. The number of amides is 1. The molecule has 3 heteroatoms. The van der Waals surface area contributed by atoms with Crippen LogP contribution >= 0.6 is 0 Å². The molecule has 2 rings (SSSR count). The van der Waals surface area contributed by atoms with Gasteiger partial charge in [-0.25, -0.2) is 0 Å². The molecule has 0 aliphatic heterocycles. The lowest BCUT2D eigenvalue weighted by Gasteiger charge is -2.29. The van der Waals surface area contributed by atoms with E-state index < -0.39 is 0 Å². The standard InChI is InChI=1S/C16H21NO2/c1-12(18)10-16(19)17(13(2)15-8-9-15)11-14-6-4-3-5-7-14/h3-7,13,15H,8-11H2,1-2H3. The molecular formula is C16H21NO2. The van der Waals surface area contributed by atoms with E-state index in [4.69, 9.17) is 0 Å². The Bertz CT molecular complexity index is 451. The number of hydrogen-bond donors (Lipinski definition) is 0. The molecule has 1 aromatic carbocycles. The van der Waals surface area contributed by atoms with Crippen molar-refractivity contribution in [2.45, 2.75) is 45.7 Å². The predicted molar refractivity (Wildman–Crippen MR) is 74.5 cm³/mol.